The molecule has 2 aliphatic carbocycles. The second-order valence-corrected chi connectivity index (χ2v) is 8.02. The molecule has 8 nitrogen and oxygen atoms in total. The zero-order valence-electron chi connectivity index (χ0n) is 15.9. The average Bonchev–Trinajstić information content (AvgIpc) is 3.34. The molecule has 3 heterocycles. The minimum atomic E-state index is -0.151. The SMILES string of the molecule is O=C(NC1CCC(n2nc3c(cc2=O)CCC3)CC1)c1cc2n(n1)CCCO2. The van der Waals surface area contributed by atoms with Crippen LogP contribution in [0.2, 0.25) is 0 Å². The van der Waals surface area contributed by atoms with Crippen LogP contribution in [0.5, 0.6) is 5.88 Å². The highest BCUT2D eigenvalue weighted by Crippen LogP contribution is 2.28. The number of carbonyl (C=O) groups excluding carboxylic acids is 1. The van der Waals surface area contributed by atoms with E-state index in [2.05, 4.69) is 15.5 Å². The Morgan fingerprint density at radius 2 is 1.96 bits per heavy atom. The third-order valence-electron chi connectivity index (χ3n) is 6.10. The molecular weight excluding hydrogens is 358 g/mol. The fourth-order valence-corrected chi connectivity index (χ4v) is 4.58. The summed E-state index contributed by atoms with van der Waals surface area (Å²) in [7, 11) is 0. The number of aromatic nitrogens is 4. The summed E-state index contributed by atoms with van der Waals surface area (Å²) in [5, 5.41) is 12.1. The monoisotopic (exact) mass is 383 g/mol. The number of ether oxygens (including phenoxy) is 1. The van der Waals surface area contributed by atoms with E-state index in [1.54, 1.807) is 21.5 Å². The second-order valence-electron chi connectivity index (χ2n) is 8.02. The van der Waals surface area contributed by atoms with Crippen molar-refractivity contribution in [3.63, 3.8) is 0 Å². The van der Waals surface area contributed by atoms with Gasteiger partial charge in [0.25, 0.3) is 11.5 Å². The van der Waals surface area contributed by atoms with E-state index in [1.807, 2.05) is 0 Å². The molecule has 8 heteroatoms. The topological polar surface area (TPSA) is 91.0 Å². The van der Waals surface area contributed by atoms with E-state index in [0.717, 1.165) is 69.2 Å². The molecule has 2 aromatic rings. The number of amides is 1. The number of fused-ring (bicyclic) bond motifs is 2. The van der Waals surface area contributed by atoms with Crippen molar-refractivity contribution in [2.45, 2.75) is 70.0 Å². The lowest BCUT2D eigenvalue weighted by molar-refractivity contribution is 0.0915. The van der Waals surface area contributed by atoms with Crippen molar-refractivity contribution in [1.29, 1.82) is 0 Å². The van der Waals surface area contributed by atoms with Crippen molar-refractivity contribution in [2.75, 3.05) is 6.61 Å². The first kappa shape index (κ1) is 17.5. The van der Waals surface area contributed by atoms with Crippen LogP contribution in [0.1, 0.15) is 66.3 Å². The van der Waals surface area contributed by atoms with Crippen LogP contribution in [0.3, 0.4) is 0 Å². The van der Waals surface area contributed by atoms with Gasteiger partial charge in [-0.2, -0.15) is 10.2 Å². The molecule has 1 N–H and O–H groups in total. The molecule has 28 heavy (non-hydrogen) atoms. The van der Waals surface area contributed by atoms with Crippen LogP contribution >= 0.6 is 0 Å². The standard InChI is InChI=1S/C20H25N5O3/c26-18-11-13-3-1-4-16(13)23-25(18)15-7-5-14(6-8-15)21-20(27)17-12-19-24(22-17)9-2-10-28-19/h11-12,14-15H,1-10H2,(H,21,27). The lowest BCUT2D eigenvalue weighted by Crippen LogP contribution is -2.40. The van der Waals surface area contributed by atoms with E-state index in [9.17, 15) is 9.59 Å². The van der Waals surface area contributed by atoms with Crippen LogP contribution in [0.25, 0.3) is 0 Å². The Morgan fingerprint density at radius 3 is 2.79 bits per heavy atom. The van der Waals surface area contributed by atoms with Crippen LogP contribution in [0, 0.1) is 0 Å². The zero-order chi connectivity index (χ0) is 19.1. The molecule has 148 valence electrons. The van der Waals surface area contributed by atoms with E-state index in [1.165, 1.54) is 0 Å². The average molecular weight is 383 g/mol. The van der Waals surface area contributed by atoms with Gasteiger partial charge in [0, 0.05) is 31.1 Å². The van der Waals surface area contributed by atoms with Gasteiger partial charge < -0.3 is 10.1 Å². The van der Waals surface area contributed by atoms with Crippen LogP contribution in [0.15, 0.2) is 16.9 Å². The van der Waals surface area contributed by atoms with E-state index >= 15 is 0 Å². The van der Waals surface area contributed by atoms with Crippen LogP contribution in [-0.2, 0) is 19.4 Å². The Morgan fingerprint density at radius 1 is 1.11 bits per heavy atom. The van der Waals surface area contributed by atoms with Crippen LogP contribution in [0.4, 0.5) is 0 Å². The minimum Gasteiger partial charge on any atom is -0.478 e. The lowest BCUT2D eigenvalue weighted by Gasteiger charge is -2.29. The van der Waals surface area contributed by atoms with Gasteiger partial charge in [0.1, 0.15) is 0 Å². The van der Waals surface area contributed by atoms with Gasteiger partial charge in [-0.1, -0.05) is 0 Å². The lowest BCUT2D eigenvalue weighted by atomic mass is 9.91. The number of carbonyl (C=O) groups is 1. The highest BCUT2D eigenvalue weighted by atomic mass is 16.5. The largest absolute Gasteiger partial charge is 0.478 e. The van der Waals surface area contributed by atoms with Crippen molar-refractivity contribution in [2.24, 2.45) is 0 Å². The van der Waals surface area contributed by atoms with Crippen molar-refractivity contribution < 1.29 is 9.53 Å². The van der Waals surface area contributed by atoms with E-state index in [0.29, 0.717) is 18.2 Å². The maximum Gasteiger partial charge on any atom is 0.272 e. The molecule has 1 amide bonds. The first-order valence-electron chi connectivity index (χ1n) is 10.3. The van der Waals surface area contributed by atoms with Gasteiger partial charge in [-0.25, -0.2) is 9.36 Å². The third-order valence-corrected chi connectivity index (χ3v) is 6.10. The van der Waals surface area contributed by atoms with E-state index in [-0.39, 0.29) is 23.6 Å². The Kier molecular flexibility index (Phi) is 4.41. The summed E-state index contributed by atoms with van der Waals surface area (Å²) >= 11 is 0. The van der Waals surface area contributed by atoms with Gasteiger partial charge in [-0.3, -0.25) is 9.59 Å². The number of rotatable bonds is 3. The maximum absolute atomic E-state index is 12.6. The predicted octanol–water partition coefficient (Wildman–Crippen LogP) is 1.62. The van der Waals surface area contributed by atoms with E-state index in [4.69, 9.17) is 4.74 Å². The highest BCUT2D eigenvalue weighted by Gasteiger charge is 2.27. The summed E-state index contributed by atoms with van der Waals surface area (Å²) in [6.07, 6.45) is 7.32. The molecule has 1 saturated carbocycles. The van der Waals surface area contributed by atoms with Crippen molar-refractivity contribution >= 4 is 5.91 Å². The van der Waals surface area contributed by atoms with Crippen LogP contribution < -0.4 is 15.6 Å². The van der Waals surface area contributed by atoms with Gasteiger partial charge in [0.05, 0.1) is 18.3 Å². The number of nitrogens with zero attached hydrogens (tertiary/aromatic N) is 4. The van der Waals surface area contributed by atoms with Gasteiger partial charge in [0.15, 0.2) is 5.69 Å². The fraction of sp³-hybridized carbons (Fsp3) is 0.600. The van der Waals surface area contributed by atoms with Gasteiger partial charge >= 0.3 is 0 Å². The number of hydrogen-bond donors (Lipinski definition) is 1. The molecule has 1 fully saturated rings. The first-order valence-corrected chi connectivity index (χ1v) is 10.3. The Balaban J connectivity index is 1.21. The minimum absolute atomic E-state index is 0.0109. The molecule has 0 bridgehead atoms. The molecule has 5 rings (SSSR count). The highest BCUT2D eigenvalue weighted by molar-refractivity contribution is 5.92. The quantitative estimate of drug-likeness (QED) is 0.870. The number of aryl methyl sites for hydroxylation is 3. The van der Waals surface area contributed by atoms with Gasteiger partial charge in [-0.05, 0) is 50.5 Å². The Labute approximate surface area is 162 Å². The fourth-order valence-electron chi connectivity index (χ4n) is 4.58. The molecule has 0 atom stereocenters. The Hall–Kier alpha value is -2.64. The molecule has 0 radical (unpaired) electrons. The van der Waals surface area contributed by atoms with Gasteiger partial charge in [-0.15, -0.1) is 0 Å². The summed E-state index contributed by atoms with van der Waals surface area (Å²) in [5.74, 6) is 0.518. The van der Waals surface area contributed by atoms with Crippen molar-refractivity contribution in [1.82, 2.24) is 24.9 Å². The molecule has 3 aliphatic rings. The van der Waals surface area contributed by atoms with Crippen molar-refractivity contribution in [3.05, 3.63) is 39.4 Å². The van der Waals surface area contributed by atoms with E-state index < -0.39 is 0 Å². The molecular formula is C20H25N5O3. The summed E-state index contributed by atoms with van der Waals surface area (Å²) in [6.45, 7) is 1.46. The Bertz CT molecular complexity index is 932. The second kappa shape index (κ2) is 7.07. The number of hydrogen-bond acceptors (Lipinski definition) is 5. The molecule has 1 aliphatic heterocycles. The van der Waals surface area contributed by atoms with Crippen LogP contribution in [-0.4, -0.2) is 38.1 Å². The molecule has 0 saturated heterocycles. The number of nitrogens with one attached hydrogen (secondary N) is 1. The molecule has 0 spiro atoms. The summed E-state index contributed by atoms with van der Waals surface area (Å²) in [6, 6.07) is 3.72. The first-order chi connectivity index (χ1) is 13.7. The maximum atomic E-state index is 12.6. The molecule has 0 unspecified atom stereocenters. The predicted molar refractivity (Wildman–Crippen MR) is 102 cm³/mol. The van der Waals surface area contributed by atoms with Crippen molar-refractivity contribution in [3.8, 4) is 5.88 Å². The summed E-state index contributed by atoms with van der Waals surface area (Å²) < 4.78 is 8.97. The summed E-state index contributed by atoms with van der Waals surface area (Å²) in [4.78, 5) is 25.0. The molecule has 2 aromatic heterocycles. The van der Waals surface area contributed by atoms with Gasteiger partial charge in [0.2, 0.25) is 5.88 Å². The molecule has 0 aromatic carbocycles. The summed E-state index contributed by atoms with van der Waals surface area (Å²) in [5.41, 5.74) is 2.63. The normalized spacial score (nSPS) is 23.6. The smallest absolute Gasteiger partial charge is 0.272 e. The zero-order valence-corrected chi connectivity index (χ0v) is 15.9. The third kappa shape index (κ3) is 3.21.